The molecule has 0 spiro atoms. The summed E-state index contributed by atoms with van der Waals surface area (Å²) in [4.78, 5) is 28.9. The summed E-state index contributed by atoms with van der Waals surface area (Å²) < 4.78 is 39.1. The van der Waals surface area contributed by atoms with Crippen LogP contribution in [0.15, 0.2) is 140 Å². The Hall–Kier alpha value is -5.47. The third kappa shape index (κ3) is 7.51. The van der Waals surface area contributed by atoms with Gasteiger partial charge in [0.1, 0.15) is 6.04 Å². The molecule has 5 aromatic rings. The zero-order valence-corrected chi connectivity index (χ0v) is 25.4. The molecule has 1 aliphatic rings. The molecule has 1 aliphatic heterocycles. The molecule has 0 saturated carbocycles. The van der Waals surface area contributed by atoms with Crippen molar-refractivity contribution in [2.45, 2.75) is 18.6 Å². The lowest BCUT2D eigenvalue weighted by atomic mass is 9.96. The third-order valence-electron chi connectivity index (χ3n) is 8.22. The number of hydrogen-bond donors (Lipinski definition) is 2. The zero-order valence-electron chi connectivity index (χ0n) is 25.4. The average molecular weight is 632 g/mol. The van der Waals surface area contributed by atoms with Gasteiger partial charge in [-0.15, -0.1) is 0 Å². The molecule has 0 aliphatic carbocycles. The highest BCUT2D eigenvalue weighted by Gasteiger charge is 2.31. The standard InChI is InChI=1S/C39H32F3N3O2/c40-39(41,42)31-19-15-29(16-20-31)34-13-7-8-14-35(34)37(46)43-33-21-17-27(18-22-33)28-23-25-45(26-24-28)36(30-9-3-1-4-10-30)38(47)44-32-11-5-2-6-12-32/h1-23,36H,24-26H2,(H,43,46)(H,44,47). The molecule has 1 atom stereocenters. The molecule has 2 amide bonds. The Kier molecular flexibility index (Phi) is 9.31. The molecule has 0 bridgehead atoms. The van der Waals surface area contributed by atoms with Gasteiger partial charge < -0.3 is 10.6 Å². The van der Waals surface area contributed by atoms with Crippen LogP contribution in [0, 0.1) is 0 Å². The van der Waals surface area contributed by atoms with E-state index in [9.17, 15) is 22.8 Å². The molecule has 2 N–H and O–H groups in total. The van der Waals surface area contributed by atoms with E-state index in [1.54, 1.807) is 24.3 Å². The van der Waals surface area contributed by atoms with E-state index >= 15 is 0 Å². The highest BCUT2D eigenvalue weighted by Crippen LogP contribution is 2.33. The lowest BCUT2D eigenvalue weighted by Crippen LogP contribution is -2.39. The second kappa shape index (κ2) is 13.9. The number of rotatable bonds is 8. The molecule has 1 heterocycles. The van der Waals surface area contributed by atoms with Gasteiger partial charge in [0, 0.05) is 30.0 Å². The summed E-state index contributed by atoms with van der Waals surface area (Å²) in [5.74, 6) is -0.444. The van der Waals surface area contributed by atoms with E-state index in [0.717, 1.165) is 40.9 Å². The maximum Gasteiger partial charge on any atom is 0.416 e. The van der Waals surface area contributed by atoms with Crippen molar-refractivity contribution in [2.24, 2.45) is 0 Å². The minimum Gasteiger partial charge on any atom is -0.324 e. The maximum atomic E-state index is 13.5. The van der Waals surface area contributed by atoms with Crippen molar-refractivity contribution in [2.75, 3.05) is 23.7 Å². The molecular weight excluding hydrogens is 599 g/mol. The molecule has 6 rings (SSSR count). The number of halogens is 3. The fraction of sp³-hybridized carbons (Fsp3) is 0.128. The second-order valence-corrected chi connectivity index (χ2v) is 11.3. The molecular formula is C39H32F3N3O2. The quantitative estimate of drug-likeness (QED) is 0.180. The summed E-state index contributed by atoms with van der Waals surface area (Å²) in [6.07, 6.45) is -1.55. The van der Waals surface area contributed by atoms with Crippen molar-refractivity contribution in [3.05, 3.63) is 162 Å². The number of nitrogens with one attached hydrogen (secondary N) is 2. The lowest BCUT2D eigenvalue weighted by molar-refractivity contribution is -0.137. The normalized spacial score (nSPS) is 14.1. The van der Waals surface area contributed by atoms with Gasteiger partial charge in [-0.05, 0) is 76.7 Å². The number of nitrogens with zero attached hydrogens (tertiary/aromatic N) is 1. The van der Waals surface area contributed by atoms with Gasteiger partial charge in [-0.2, -0.15) is 13.2 Å². The van der Waals surface area contributed by atoms with Crippen LogP contribution in [0.1, 0.15) is 39.5 Å². The summed E-state index contributed by atoms with van der Waals surface area (Å²) in [5.41, 5.74) is 5.13. The highest BCUT2D eigenvalue weighted by atomic mass is 19.4. The number of para-hydroxylation sites is 1. The number of carbonyl (C=O) groups excluding carboxylic acids is 2. The van der Waals surface area contributed by atoms with Gasteiger partial charge in [-0.1, -0.05) is 97.1 Å². The zero-order chi connectivity index (χ0) is 32.8. The molecule has 0 fully saturated rings. The summed E-state index contributed by atoms with van der Waals surface area (Å²) in [7, 11) is 0. The molecule has 1 unspecified atom stereocenters. The van der Waals surface area contributed by atoms with Gasteiger partial charge in [0.15, 0.2) is 0 Å². The Morgan fingerprint density at radius 3 is 1.89 bits per heavy atom. The molecule has 5 nitrogen and oxygen atoms in total. The number of benzene rings is 5. The minimum absolute atomic E-state index is 0.0840. The van der Waals surface area contributed by atoms with E-state index in [4.69, 9.17) is 0 Å². The van der Waals surface area contributed by atoms with Crippen LogP contribution < -0.4 is 10.6 Å². The van der Waals surface area contributed by atoms with Crippen molar-refractivity contribution in [3.63, 3.8) is 0 Å². The predicted octanol–water partition coefficient (Wildman–Crippen LogP) is 9.09. The Bertz CT molecular complexity index is 1870. The lowest BCUT2D eigenvalue weighted by Gasteiger charge is -2.33. The van der Waals surface area contributed by atoms with Crippen molar-refractivity contribution in [1.82, 2.24) is 4.90 Å². The Morgan fingerprint density at radius 1 is 0.660 bits per heavy atom. The smallest absolute Gasteiger partial charge is 0.324 e. The Morgan fingerprint density at radius 2 is 1.26 bits per heavy atom. The largest absolute Gasteiger partial charge is 0.416 e. The van der Waals surface area contributed by atoms with Crippen molar-refractivity contribution >= 4 is 28.8 Å². The Labute approximate surface area is 271 Å². The fourth-order valence-corrected chi connectivity index (χ4v) is 5.81. The van der Waals surface area contributed by atoms with Crippen molar-refractivity contribution in [1.29, 1.82) is 0 Å². The molecule has 5 aromatic carbocycles. The molecule has 0 aromatic heterocycles. The van der Waals surface area contributed by atoms with Gasteiger partial charge in [0.05, 0.1) is 5.56 Å². The molecule has 47 heavy (non-hydrogen) atoms. The number of hydrogen-bond acceptors (Lipinski definition) is 3. The predicted molar refractivity (Wildman–Crippen MR) is 180 cm³/mol. The molecule has 0 radical (unpaired) electrons. The first-order valence-electron chi connectivity index (χ1n) is 15.3. The summed E-state index contributed by atoms with van der Waals surface area (Å²) >= 11 is 0. The first-order valence-corrected chi connectivity index (χ1v) is 15.3. The molecule has 236 valence electrons. The van der Waals surface area contributed by atoms with Crippen LogP contribution in [0.4, 0.5) is 24.5 Å². The van der Waals surface area contributed by atoms with Crippen LogP contribution in [0.25, 0.3) is 16.7 Å². The van der Waals surface area contributed by atoms with E-state index in [-0.39, 0.29) is 11.8 Å². The van der Waals surface area contributed by atoms with Gasteiger partial charge in [0.25, 0.3) is 5.91 Å². The molecule has 0 saturated heterocycles. The topological polar surface area (TPSA) is 61.4 Å². The van der Waals surface area contributed by atoms with E-state index in [2.05, 4.69) is 21.6 Å². The number of carbonyl (C=O) groups is 2. The number of alkyl halides is 3. The summed E-state index contributed by atoms with van der Waals surface area (Å²) in [6.45, 7) is 1.28. The highest BCUT2D eigenvalue weighted by molar-refractivity contribution is 6.08. The van der Waals surface area contributed by atoms with Crippen molar-refractivity contribution in [3.8, 4) is 11.1 Å². The number of anilines is 2. The van der Waals surface area contributed by atoms with Crippen LogP contribution in [-0.2, 0) is 11.0 Å². The van der Waals surface area contributed by atoms with Crippen LogP contribution in [0.5, 0.6) is 0 Å². The average Bonchev–Trinajstić information content (AvgIpc) is 3.10. The summed E-state index contributed by atoms with van der Waals surface area (Å²) in [6, 6.07) is 38.0. The van der Waals surface area contributed by atoms with Gasteiger partial charge >= 0.3 is 6.18 Å². The first-order chi connectivity index (χ1) is 22.8. The van der Waals surface area contributed by atoms with E-state index < -0.39 is 17.8 Å². The van der Waals surface area contributed by atoms with E-state index in [1.807, 2.05) is 84.9 Å². The van der Waals surface area contributed by atoms with Gasteiger partial charge in [-0.25, -0.2) is 0 Å². The van der Waals surface area contributed by atoms with E-state index in [1.165, 1.54) is 12.1 Å². The minimum atomic E-state index is -4.43. The van der Waals surface area contributed by atoms with Gasteiger partial charge in [0.2, 0.25) is 5.91 Å². The first kappa shape index (κ1) is 31.5. The van der Waals surface area contributed by atoms with Crippen molar-refractivity contribution < 1.29 is 22.8 Å². The molecule has 8 heteroatoms. The monoisotopic (exact) mass is 631 g/mol. The van der Waals surface area contributed by atoms with Crippen LogP contribution in [-0.4, -0.2) is 29.8 Å². The second-order valence-electron chi connectivity index (χ2n) is 11.3. The maximum absolute atomic E-state index is 13.5. The summed E-state index contributed by atoms with van der Waals surface area (Å²) in [5, 5.41) is 5.97. The third-order valence-corrected chi connectivity index (χ3v) is 8.22. The van der Waals surface area contributed by atoms with Crippen LogP contribution in [0.2, 0.25) is 0 Å². The Balaban J connectivity index is 1.13. The van der Waals surface area contributed by atoms with Crippen LogP contribution in [0.3, 0.4) is 0 Å². The van der Waals surface area contributed by atoms with E-state index in [0.29, 0.717) is 35.5 Å². The number of amides is 2. The SMILES string of the molecule is O=C(Nc1ccc(C2=CCN(C(C(=O)Nc3ccccc3)c3ccccc3)CC2)cc1)c1ccccc1-c1ccc(C(F)(F)F)cc1. The fourth-order valence-electron chi connectivity index (χ4n) is 5.81. The van der Waals surface area contributed by atoms with Gasteiger partial charge in [-0.3, -0.25) is 14.5 Å². The van der Waals surface area contributed by atoms with Crippen LogP contribution >= 0.6 is 0 Å².